The summed E-state index contributed by atoms with van der Waals surface area (Å²) in [5.74, 6) is -0.126. The van der Waals surface area contributed by atoms with E-state index in [2.05, 4.69) is 25.0 Å². The van der Waals surface area contributed by atoms with Crippen LogP contribution in [0, 0.1) is 5.82 Å². The molecule has 2 heterocycles. The molecule has 0 amide bonds. The molecule has 1 saturated carbocycles. The van der Waals surface area contributed by atoms with Gasteiger partial charge in [0, 0.05) is 35.3 Å². The van der Waals surface area contributed by atoms with Crippen LogP contribution in [-0.2, 0) is 10.0 Å². The Kier molecular flexibility index (Phi) is 6.74. The number of nitrogens with two attached hydrogens (primary N) is 1. The molecule has 1 aliphatic rings. The average molecular weight is 527 g/mol. The molecule has 0 spiro atoms. The highest BCUT2D eigenvalue weighted by atomic mass is 35.5. The molecule has 0 atom stereocenters. The van der Waals surface area contributed by atoms with Gasteiger partial charge >= 0.3 is 0 Å². The van der Waals surface area contributed by atoms with E-state index >= 15 is 0 Å². The van der Waals surface area contributed by atoms with Crippen molar-refractivity contribution in [1.29, 1.82) is 0 Å². The van der Waals surface area contributed by atoms with E-state index in [9.17, 15) is 12.8 Å². The maximum atomic E-state index is 15.0. The number of halogens is 2. The Morgan fingerprint density at radius 2 is 1.78 bits per heavy atom. The molecular formula is C25H24ClFN6O2S. The number of sulfonamides is 1. The zero-order chi connectivity index (χ0) is 25.3. The van der Waals surface area contributed by atoms with Gasteiger partial charge in [-0.15, -0.1) is 0 Å². The lowest BCUT2D eigenvalue weighted by atomic mass is 9.92. The summed E-state index contributed by atoms with van der Waals surface area (Å²) in [7, 11) is -4.00. The van der Waals surface area contributed by atoms with Gasteiger partial charge < -0.3 is 11.1 Å². The predicted octanol–water partition coefficient (Wildman–Crippen LogP) is 4.97. The summed E-state index contributed by atoms with van der Waals surface area (Å²) in [6, 6.07) is 12.9. The van der Waals surface area contributed by atoms with Crippen LogP contribution in [0.25, 0.3) is 22.2 Å². The zero-order valence-electron chi connectivity index (χ0n) is 19.2. The lowest BCUT2D eigenvalue weighted by molar-refractivity contribution is 0.410. The highest BCUT2D eigenvalue weighted by Crippen LogP contribution is 2.28. The van der Waals surface area contributed by atoms with E-state index in [4.69, 9.17) is 17.3 Å². The Hall–Kier alpha value is -3.34. The summed E-state index contributed by atoms with van der Waals surface area (Å²) in [4.78, 5) is 13.0. The molecule has 4 aromatic rings. The fourth-order valence-corrected chi connectivity index (χ4v) is 5.83. The predicted molar refractivity (Wildman–Crippen MR) is 139 cm³/mol. The van der Waals surface area contributed by atoms with Crippen LogP contribution in [0.1, 0.15) is 25.7 Å². The van der Waals surface area contributed by atoms with E-state index in [-0.39, 0.29) is 27.3 Å². The van der Waals surface area contributed by atoms with E-state index in [0.717, 1.165) is 37.1 Å². The van der Waals surface area contributed by atoms with Crippen molar-refractivity contribution < 1.29 is 12.8 Å². The third kappa shape index (κ3) is 5.25. The van der Waals surface area contributed by atoms with Crippen LogP contribution in [0.5, 0.6) is 0 Å². The van der Waals surface area contributed by atoms with E-state index < -0.39 is 15.8 Å². The molecule has 36 heavy (non-hydrogen) atoms. The molecule has 186 valence electrons. The first-order valence-electron chi connectivity index (χ1n) is 11.5. The molecule has 0 saturated heterocycles. The van der Waals surface area contributed by atoms with Gasteiger partial charge in [0.1, 0.15) is 10.6 Å². The number of pyridine rings is 1. The van der Waals surface area contributed by atoms with E-state index in [1.165, 1.54) is 18.3 Å². The number of anilines is 2. The minimum absolute atomic E-state index is 0.0142. The zero-order valence-corrected chi connectivity index (χ0v) is 20.7. The van der Waals surface area contributed by atoms with Crippen LogP contribution < -0.4 is 15.8 Å². The van der Waals surface area contributed by atoms with Crippen molar-refractivity contribution in [1.82, 2.24) is 15.0 Å². The molecule has 0 radical (unpaired) electrons. The van der Waals surface area contributed by atoms with Gasteiger partial charge in [-0.3, -0.25) is 9.71 Å². The Balaban J connectivity index is 1.34. The van der Waals surface area contributed by atoms with Crippen molar-refractivity contribution in [2.75, 3.05) is 10.0 Å². The summed E-state index contributed by atoms with van der Waals surface area (Å²) in [6.45, 7) is 0. The number of nitrogens with one attached hydrogen (secondary N) is 2. The minimum atomic E-state index is -4.00. The van der Waals surface area contributed by atoms with Crippen molar-refractivity contribution in [3.8, 4) is 11.3 Å². The monoisotopic (exact) mass is 526 g/mol. The summed E-state index contributed by atoms with van der Waals surface area (Å²) >= 11 is 6.00. The van der Waals surface area contributed by atoms with Crippen molar-refractivity contribution in [2.45, 2.75) is 42.7 Å². The first kappa shape index (κ1) is 24.4. The second kappa shape index (κ2) is 9.96. The fraction of sp³-hybridized carbons (Fsp3) is 0.240. The van der Waals surface area contributed by atoms with Gasteiger partial charge in [0.25, 0.3) is 10.0 Å². The number of aromatic nitrogens is 3. The minimum Gasteiger partial charge on any atom is -0.351 e. The molecular weight excluding hydrogens is 503 g/mol. The number of hydrogen-bond donors (Lipinski definition) is 3. The van der Waals surface area contributed by atoms with Gasteiger partial charge in [-0.05, 0) is 49.9 Å². The number of rotatable bonds is 6. The van der Waals surface area contributed by atoms with Gasteiger partial charge in [-0.2, -0.15) is 0 Å². The van der Waals surface area contributed by atoms with Crippen molar-refractivity contribution >= 4 is 44.2 Å². The van der Waals surface area contributed by atoms with E-state index in [1.807, 2.05) is 0 Å². The first-order valence-corrected chi connectivity index (χ1v) is 13.4. The smallest absolute Gasteiger partial charge is 0.263 e. The van der Waals surface area contributed by atoms with Crippen LogP contribution in [0.4, 0.5) is 16.0 Å². The maximum Gasteiger partial charge on any atom is 0.263 e. The van der Waals surface area contributed by atoms with Gasteiger partial charge in [0.15, 0.2) is 5.82 Å². The fourth-order valence-electron chi connectivity index (χ4n) is 4.28. The lowest BCUT2D eigenvalue weighted by Crippen LogP contribution is -2.33. The molecule has 5 rings (SSSR count). The second-order valence-electron chi connectivity index (χ2n) is 8.81. The molecule has 8 nitrogen and oxygen atoms in total. The summed E-state index contributed by atoms with van der Waals surface area (Å²) in [5.41, 5.74) is 7.28. The van der Waals surface area contributed by atoms with Crippen molar-refractivity contribution in [2.24, 2.45) is 5.73 Å². The van der Waals surface area contributed by atoms with Gasteiger partial charge in [-0.25, -0.2) is 22.8 Å². The standard InChI is InChI=1S/C25H24ClFN6O2S/c26-20-3-1-2-4-23(20)36(34,35)33-19-12-21(27)24(29-14-19)15-5-10-22-16(11-15)13-30-25(32-22)31-18-8-6-17(28)7-9-18/h1-5,10-14,17-18,33H,6-9,28H2,(H,30,31,32). The van der Waals surface area contributed by atoms with E-state index in [1.54, 1.807) is 36.5 Å². The third-order valence-electron chi connectivity index (χ3n) is 6.18. The Bertz CT molecular complexity index is 1530. The summed E-state index contributed by atoms with van der Waals surface area (Å²) in [5, 5.41) is 4.17. The number of nitrogens with zero attached hydrogens (tertiary/aromatic N) is 3. The molecule has 0 bridgehead atoms. The molecule has 11 heteroatoms. The average Bonchev–Trinajstić information content (AvgIpc) is 2.85. The Labute approximate surface area is 213 Å². The Morgan fingerprint density at radius 3 is 2.53 bits per heavy atom. The lowest BCUT2D eigenvalue weighted by Gasteiger charge is -2.26. The topological polar surface area (TPSA) is 123 Å². The van der Waals surface area contributed by atoms with Gasteiger partial charge in [-0.1, -0.05) is 29.8 Å². The Morgan fingerprint density at radius 1 is 1.00 bits per heavy atom. The van der Waals surface area contributed by atoms with Crippen molar-refractivity contribution in [3.05, 3.63) is 71.8 Å². The molecule has 1 aliphatic carbocycles. The largest absolute Gasteiger partial charge is 0.351 e. The molecule has 0 aliphatic heterocycles. The number of hydrogen-bond acceptors (Lipinski definition) is 7. The number of benzene rings is 2. The highest BCUT2D eigenvalue weighted by molar-refractivity contribution is 7.92. The molecule has 1 fully saturated rings. The molecule has 2 aromatic heterocycles. The SMILES string of the molecule is NC1CCC(Nc2ncc3cc(-c4ncc(NS(=O)(=O)c5ccccc5Cl)cc4F)ccc3n2)CC1. The quantitative estimate of drug-likeness (QED) is 0.324. The normalized spacial score (nSPS) is 18.2. The molecule has 2 aromatic carbocycles. The van der Waals surface area contributed by atoms with Gasteiger partial charge in [0.2, 0.25) is 5.95 Å². The summed E-state index contributed by atoms with van der Waals surface area (Å²) in [6.07, 6.45) is 6.87. The van der Waals surface area contributed by atoms with Crippen molar-refractivity contribution in [3.63, 3.8) is 0 Å². The van der Waals surface area contributed by atoms with Crippen LogP contribution in [0.3, 0.4) is 0 Å². The van der Waals surface area contributed by atoms with Gasteiger partial charge in [0.05, 0.1) is 22.4 Å². The van der Waals surface area contributed by atoms with Crippen LogP contribution >= 0.6 is 11.6 Å². The first-order chi connectivity index (χ1) is 17.3. The van der Waals surface area contributed by atoms with E-state index in [0.29, 0.717) is 23.1 Å². The van der Waals surface area contributed by atoms with Crippen LogP contribution in [0.2, 0.25) is 5.02 Å². The third-order valence-corrected chi connectivity index (χ3v) is 8.06. The van der Waals surface area contributed by atoms with Crippen LogP contribution in [-0.4, -0.2) is 35.5 Å². The maximum absolute atomic E-state index is 15.0. The van der Waals surface area contributed by atoms with Crippen LogP contribution in [0.15, 0.2) is 65.8 Å². The second-order valence-corrected chi connectivity index (χ2v) is 10.9. The summed E-state index contributed by atoms with van der Waals surface area (Å²) < 4.78 is 42.6. The molecule has 0 unspecified atom stereocenters. The number of fused-ring (bicyclic) bond motifs is 1. The highest BCUT2D eigenvalue weighted by Gasteiger charge is 2.20. The molecule has 4 N–H and O–H groups in total.